The fourth-order valence-electron chi connectivity index (χ4n) is 0. The molecule has 0 aliphatic heterocycles. The second-order valence-electron chi connectivity index (χ2n) is 0. The van der Waals surface area contributed by atoms with Crippen LogP contribution in [-0.2, 0) is 43.5 Å². The Kier molecular flexibility index (Phi) is 55.7. The summed E-state index contributed by atoms with van der Waals surface area (Å²) in [6.45, 7) is 0. The van der Waals surface area contributed by atoms with E-state index in [2.05, 4.69) is 28.8 Å². The van der Waals surface area contributed by atoms with Gasteiger partial charge in [0.05, 0.1) is 0 Å². The Labute approximate surface area is 52.6 Å². The van der Waals surface area contributed by atoms with E-state index in [0.717, 1.165) is 0 Å². The van der Waals surface area contributed by atoms with Crippen LogP contribution in [0.25, 0.3) is 0 Å². The third-order valence-electron chi connectivity index (χ3n) is 0. The average Bonchev–Trinajstić information content (AvgIpc) is 1.50. The zero-order valence-electron chi connectivity index (χ0n) is 1.42. The summed E-state index contributed by atoms with van der Waals surface area (Å²) in [6, 6.07) is 0. The summed E-state index contributed by atoms with van der Waals surface area (Å²) >= 11 is 4.23. The fraction of sp³-hybridized carbons (Fsp3) is 0. The van der Waals surface area contributed by atoms with Gasteiger partial charge in [0.25, 0.3) is 0 Å². The second kappa shape index (κ2) is 24.5. The predicted octanol–water partition coefficient (Wildman–Crippen LogP) is 0.524. The van der Waals surface area contributed by atoms with Gasteiger partial charge >= 0.3 is 53.1 Å². The molecule has 0 fully saturated rings. The summed E-state index contributed by atoms with van der Waals surface area (Å²) in [5.74, 6) is 0. The quantitative estimate of drug-likeness (QED) is 0.593. The van der Waals surface area contributed by atoms with E-state index < -0.39 is 0 Å². The molecule has 1 nitrogen and oxygen atoms in total. The summed E-state index contributed by atoms with van der Waals surface area (Å²) in [5.41, 5.74) is 0. The molecule has 4 heavy (non-hydrogen) atoms. The van der Waals surface area contributed by atoms with Crippen molar-refractivity contribution in [2.75, 3.05) is 0 Å². The van der Waals surface area contributed by atoms with Crippen molar-refractivity contribution in [2.45, 2.75) is 0 Å². The van der Waals surface area contributed by atoms with Gasteiger partial charge in [0, 0.05) is 0 Å². The summed E-state index contributed by atoms with van der Waals surface area (Å²) in [5, 5.41) is 0. The van der Waals surface area contributed by atoms with E-state index in [0.29, 0.717) is 0 Å². The Morgan fingerprint density at radius 2 is 1.25 bits per heavy atom. The first kappa shape index (κ1) is 9.09. The van der Waals surface area contributed by atoms with E-state index >= 15 is 0 Å². The van der Waals surface area contributed by atoms with E-state index in [1.165, 1.54) is 0 Å². The Morgan fingerprint density at radius 3 is 1.25 bits per heavy atom. The van der Waals surface area contributed by atoms with Crippen LogP contribution in [0.4, 0.5) is 0 Å². The van der Waals surface area contributed by atoms with Gasteiger partial charge in [0.2, 0.25) is 0 Å². The van der Waals surface area contributed by atoms with Crippen LogP contribution >= 0.6 is 9.58 Å². The molecular weight excluding hydrogens is 264 g/mol. The topological polar surface area (TPSA) is 17.1 Å². The zero-order chi connectivity index (χ0) is 4.00. The van der Waals surface area contributed by atoms with Crippen molar-refractivity contribution in [3.63, 3.8) is 0 Å². The first-order valence-corrected chi connectivity index (χ1v) is 2.91. The molecule has 0 spiro atoms. The van der Waals surface area contributed by atoms with Crippen LogP contribution in [0, 0.1) is 0 Å². The van der Waals surface area contributed by atoms with Crippen LogP contribution in [0.3, 0.4) is 0 Å². The molecule has 0 N–H and O–H groups in total. The van der Waals surface area contributed by atoms with Gasteiger partial charge < -0.3 is 0 Å². The minimum absolute atomic E-state index is 1.70. The third kappa shape index (κ3) is 9.72. The van der Waals surface area contributed by atoms with E-state index in [4.69, 9.17) is 3.25 Å². The van der Waals surface area contributed by atoms with Gasteiger partial charge in [-0.1, -0.05) is 0 Å². The predicted molar refractivity (Wildman–Crippen MR) is 8.28 cm³/mol. The summed E-state index contributed by atoms with van der Waals surface area (Å²) in [4.78, 5) is 0. The van der Waals surface area contributed by atoms with Gasteiger partial charge in [0.15, 0.2) is 0 Å². The van der Waals surface area contributed by atoms with Crippen molar-refractivity contribution < 1.29 is 43.5 Å². The molecule has 0 rings (SSSR count). The third-order valence-corrected chi connectivity index (χ3v) is 0. The molecule has 0 saturated heterocycles. The summed E-state index contributed by atoms with van der Waals surface area (Å²) < 4.78 is 8.06. The molecule has 0 atom stereocenters. The molecule has 0 amide bonds. The molecule has 0 aromatic carbocycles. The Balaban J connectivity index is 0. The van der Waals surface area contributed by atoms with Crippen molar-refractivity contribution in [1.29, 1.82) is 0 Å². The average molecular weight is 264 g/mol. The molecule has 34 valence electrons. The molecule has 0 unspecified atom stereocenters. The van der Waals surface area contributed by atoms with Crippen LogP contribution in [0.15, 0.2) is 0 Å². The molecule has 0 saturated carbocycles. The maximum atomic E-state index is 8.06. The summed E-state index contributed by atoms with van der Waals surface area (Å²) in [7, 11) is 3.89. The van der Waals surface area contributed by atoms with Gasteiger partial charge in [-0.15, -0.1) is 0 Å². The molecule has 0 aliphatic carbocycles. The number of hydrogen-bond acceptors (Lipinski definition) is 2. The molecule has 0 bridgehead atoms. The number of rotatable bonds is 0. The van der Waals surface area contributed by atoms with E-state index in [-0.39, 0.29) is 0 Å². The monoisotopic (exact) mass is 262 g/mol. The maximum absolute atomic E-state index is 8.06. The van der Waals surface area contributed by atoms with Crippen LogP contribution in [0.2, 0.25) is 0 Å². The minimum atomic E-state index is 1.70. The van der Waals surface area contributed by atoms with Crippen molar-refractivity contribution in [1.82, 2.24) is 0 Å². The van der Waals surface area contributed by atoms with Crippen molar-refractivity contribution in [2.24, 2.45) is 0 Å². The van der Waals surface area contributed by atoms with Gasteiger partial charge in [-0.25, -0.2) is 0 Å². The van der Waals surface area contributed by atoms with Crippen LogP contribution in [0.5, 0.6) is 0 Å². The Bertz CT molecular complexity index is 8.00. The molecule has 0 aromatic heterocycles. The van der Waals surface area contributed by atoms with Gasteiger partial charge in [-0.05, 0) is 0 Å². The van der Waals surface area contributed by atoms with Gasteiger partial charge in [0.1, 0.15) is 0 Å². The molecule has 0 aromatic rings. The van der Waals surface area contributed by atoms with Crippen molar-refractivity contribution in [3.05, 3.63) is 0 Å². The Hall–Kier alpha value is 1.50. The van der Waals surface area contributed by atoms with Crippen molar-refractivity contribution in [3.8, 4) is 0 Å². The first-order chi connectivity index (χ1) is 2.00. The van der Waals surface area contributed by atoms with Crippen molar-refractivity contribution >= 4 is 9.58 Å². The van der Waals surface area contributed by atoms with Gasteiger partial charge in [-0.3, -0.25) is 0 Å². The molecule has 0 radical (unpaired) electrons. The molecule has 4 heteroatoms. The molecular formula is Ag2OS. The zero-order valence-corrected chi connectivity index (χ0v) is 5.20. The first-order valence-electron chi connectivity index (χ1n) is 0.246. The van der Waals surface area contributed by atoms with E-state index in [1.807, 2.05) is 0 Å². The SMILES string of the molecule is [O]=[Ag].[S]=[Ag]. The molecule has 0 heterocycles. The second-order valence-corrected chi connectivity index (χ2v) is 0. The Morgan fingerprint density at radius 1 is 1.25 bits per heavy atom. The van der Waals surface area contributed by atoms with Crippen LogP contribution < -0.4 is 0 Å². The molecule has 0 aliphatic rings. The fourth-order valence-corrected chi connectivity index (χ4v) is 0. The van der Waals surface area contributed by atoms with Crippen LogP contribution in [-0.4, -0.2) is 0 Å². The van der Waals surface area contributed by atoms with Crippen LogP contribution in [0.1, 0.15) is 0 Å². The number of hydrogen-bond donors (Lipinski definition) is 0. The normalized spacial score (nSPS) is 3.00. The van der Waals surface area contributed by atoms with E-state index in [1.54, 1.807) is 21.0 Å². The van der Waals surface area contributed by atoms with Gasteiger partial charge in [-0.2, -0.15) is 0 Å². The standard InChI is InChI=1S/2Ag.O.S. The summed E-state index contributed by atoms with van der Waals surface area (Å²) in [6.07, 6.45) is 0. The van der Waals surface area contributed by atoms with E-state index in [9.17, 15) is 0 Å².